The molecule has 3 rings (SSSR count). The summed E-state index contributed by atoms with van der Waals surface area (Å²) in [4.78, 5) is 28.3. The number of carbonyl (C=O) groups excluding carboxylic acids is 1. The molecule has 2 heterocycles. The molecule has 1 aromatic carbocycles. The molecule has 0 spiro atoms. The van der Waals surface area contributed by atoms with Gasteiger partial charge in [-0.3, -0.25) is 19.1 Å². The van der Waals surface area contributed by atoms with Gasteiger partial charge in [-0.2, -0.15) is 5.26 Å². The fraction of sp³-hybridized carbons (Fsp3) is 0.385. The first-order valence-corrected chi connectivity index (χ1v) is 13.0. The second-order valence-electron chi connectivity index (χ2n) is 8.35. The highest BCUT2D eigenvalue weighted by Crippen LogP contribution is 2.35. The molecule has 1 N–H and O–H groups in total. The zero-order valence-electron chi connectivity index (χ0n) is 20.2. The van der Waals surface area contributed by atoms with Crippen LogP contribution < -0.4 is 10.9 Å². The second kappa shape index (κ2) is 12.1. The van der Waals surface area contributed by atoms with Crippen molar-refractivity contribution in [1.82, 2.24) is 9.47 Å². The Bertz CT molecular complexity index is 1250. The molecule has 0 unspecified atom stereocenters. The van der Waals surface area contributed by atoms with E-state index in [9.17, 15) is 19.2 Å². The number of hydrogen-bond donors (Lipinski definition) is 1. The Morgan fingerprint density at radius 2 is 1.86 bits per heavy atom. The number of anilines is 1. The lowest BCUT2D eigenvalue weighted by molar-refractivity contribution is -0.122. The third-order valence-electron chi connectivity index (χ3n) is 5.83. The number of pyridine rings is 1. The van der Waals surface area contributed by atoms with Gasteiger partial charge in [-0.25, -0.2) is 4.39 Å². The maximum absolute atomic E-state index is 13.3. The fourth-order valence-electron chi connectivity index (χ4n) is 3.92. The molecule has 1 saturated heterocycles. The summed E-state index contributed by atoms with van der Waals surface area (Å²) in [6, 6.07) is 8.14. The molecule has 0 radical (unpaired) electrons. The normalized spacial score (nSPS) is 14.6. The predicted octanol–water partition coefficient (Wildman–Crippen LogP) is 5.58. The van der Waals surface area contributed by atoms with Crippen LogP contribution in [0.25, 0.3) is 6.08 Å². The summed E-state index contributed by atoms with van der Waals surface area (Å²) in [7, 11) is 0. The first-order valence-electron chi connectivity index (χ1n) is 11.7. The largest absolute Gasteiger partial charge is 0.367 e. The van der Waals surface area contributed by atoms with Gasteiger partial charge in [0.2, 0.25) is 0 Å². The van der Waals surface area contributed by atoms with Gasteiger partial charge in [0.1, 0.15) is 27.6 Å². The van der Waals surface area contributed by atoms with Gasteiger partial charge in [0, 0.05) is 25.2 Å². The molecule has 9 heteroatoms. The molecule has 1 amide bonds. The topological polar surface area (TPSA) is 78.1 Å². The molecule has 1 fully saturated rings. The Kier molecular flexibility index (Phi) is 9.24. The van der Waals surface area contributed by atoms with Crippen molar-refractivity contribution in [3.8, 4) is 6.07 Å². The number of nitrogens with zero attached hydrogens (tertiary/aromatic N) is 3. The number of halogens is 1. The number of amides is 1. The van der Waals surface area contributed by atoms with Crippen LogP contribution in [0.1, 0.15) is 61.8 Å². The van der Waals surface area contributed by atoms with Crippen LogP contribution in [0.5, 0.6) is 0 Å². The van der Waals surface area contributed by atoms with E-state index in [1.54, 1.807) is 34.6 Å². The van der Waals surface area contributed by atoms with E-state index in [0.29, 0.717) is 52.2 Å². The molecular formula is C26H29FN4O2S2. The van der Waals surface area contributed by atoms with Crippen molar-refractivity contribution in [3.63, 3.8) is 0 Å². The molecule has 35 heavy (non-hydrogen) atoms. The number of aromatic nitrogens is 1. The zero-order valence-corrected chi connectivity index (χ0v) is 21.8. The van der Waals surface area contributed by atoms with Gasteiger partial charge < -0.3 is 5.32 Å². The van der Waals surface area contributed by atoms with Crippen molar-refractivity contribution in [1.29, 1.82) is 5.26 Å². The highest BCUT2D eigenvalue weighted by Gasteiger charge is 2.32. The van der Waals surface area contributed by atoms with Crippen molar-refractivity contribution >= 4 is 46.1 Å². The average Bonchev–Trinajstić information content (AvgIpc) is 3.10. The Hall–Kier alpha value is -2.96. The summed E-state index contributed by atoms with van der Waals surface area (Å²) in [5.41, 5.74) is 1.61. The van der Waals surface area contributed by atoms with Crippen LogP contribution in [0.4, 0.5) is 10.2 Å². The Labute approximate surface area is 214 Å². The smallest absolute Gasteiger partial charge is 0.270 e. The number of unbranched alkanes of at least 4 members (excludes halogenated alkanes) is 2. The van der Waals surface area contributed by atoms with Gasteiger partial charge in [-0.1, -0.05) is 62.8 Å². The molecule has 0 atom stereocenters. The van der Waals surface area contributed by atoms with Gasteiger partial charge in [-0.05, 0) is 49.1 Å². The quantitative estimate of drug-likeness (QED) is 0.254. The summed E-state index contributed by atoms with van der Waals surface area (Å²) in [6.45, 7) is 7.08. The molecule has 2 aromatic rings. The van der Waals surface area contributed by atoms with Crippen molar-refractivity contribution in [2.45, 2.75) is 59.5 Å². The number of nitrogens with one attached hydrogen (secondary N) is 1. The van der Waals surface area contributed by atoms with Crippen LogP contribution in [0.15, 0.2) is 34.0 Å². The van der Waals surface area contributed by atoms with Crippen LogP contribution >= 0.6 is 24.0 Å². The molecule has 184 valence electrons. The molecular weight excluding hydrogens is 483 g/mol. The number of hydrogen-bond acceptors (Lipinski definition) is 6. The lowest BCUT2D eigenvalue weighted by atomic mass is 10.0. The molecule has 1 aliphatic rings. The monoisotopic (exact) mass is 512 g/mol. The minimum Gasteiger partial charge on any atom is -0.367 e. The van der Waals surface area contributed by atoms with Crippen LogP contribution in [-0.4, -0.2) is 26.2 Å². The molecule has 6 nitrogen and oxygen atoms in total. The van der Waals surface area contributed by atoms with Crippen molar-refractivity contribution in [2.75, 3.05) is 11.9 Å². The lowest BCUT2D eigenvalue weighted by Gasteiger charge is -2.20. The van der Waals surface area contributed by atoms with Gasteiger partial charge in [0.25, 0.3) is 11.5 Å². The summed E-state index contributed by atoms with van der Waals surface area (Å²) in [5.74, 6) is 0.0353. The molecule has 1 aromatic heterocycles. The number of rotatable bonds is 10. The van der Waals surface area contributed by atoms with E-state index in [1.807, 2.05) is 13.0 Å². The summed E-state index contributed by atoms with van der Waals surface area (Å²) < 4.78 is 15.4. The van der Waals surface area contributed by atoms with Gasteiger partial charge in [0.05, 0.1) is 4.91 Å². The standard InChI is InChI=1S/C26H29FN4O2S2/c1-4-6-7-13-31-25(33)22(35-26(31)34)14-20-17(3)21(15-28)24(32)30(12-5-2)23(20)29-16-18-8-10-19(27)11-9-18/h8-11,14,29H,4-7,12-13,16H2,1-3H3/b22-14+. The number of thiocarbonyl (C=S) groups is 1. The van der Waals surface area contributed by atoms with E-state index < -0.39 is 0 Å². The average molecular weight is 513 g/mol. The predicted molar refractivity (Wildman–Crippen MR) is 144 cm³/mol. The number of benzene rings is 1. The fourth-order valence-corrected chi connectivity index (χ4v) is 5.21. The number of nitriles is 1. The highest BCUT2D eigenvalue weighted by atomic mass is 32.2. The van der Waals surface area contributed by atoms with E-state index >= 15 is 0 Å². The van der Waals surface area contributed by atoms with E-state index in [2.05, 4.69) is 12.2 Å². The Morgan fingerprint density at radius 3 is 2.49 bits per heavy atom. The van der Waals surface area contributed by atoms with Crippen molar-refractivity contribution < 1.29 is 9.18 Å². The Morgan fingerprint density at radius 1 is 1.14 bits per heavy atom. The zero-order chi connectivity index (χ0) is 25.5. The highest BCUT2D eigenvalue weighted by molar-refractivity contribution is 8.26. The number of thioether (sulfide) groups is 1. The van der Waals surface area contributed by atoms with Gasteiger partial charge in [0.15, 0.2) is 0 Å². The first-order chi connectivity index (χ1) is 16.8. The van der Waals surface area contributed by atoms with Crippen LogP contribution in [0, 0.1) is 24.1 Å². The summed E-state index contributed by atoms with van der Waals surface area (Å²) in [5, 5.41) is 13.0. The minimum atomic E-state index is -0.377. The van der Waals surface area contributed by atoms with Gasteiger partial charge >= 0.3 is 0 Å². The minimum absolute atomic E-state index is 0.0513. The third kappa shape index (κ3) is 6.00. The molecule has 0 bridgehead atoms. The van der Waals surface area contributed by atoms with E-state index in [-0.39, 0.29) is 22.8 Å². The van der Waals surface area contributed by atoms with Crippen LogP contribution in [0.3, 0.4) is 0 Å². The molecule has 0 aliphatic carbocycles. The van der Waals surface area contributed by atoms with Gasteiger partial charge in [-0.15, -0.1) is 0 Å². The third-order valence-corrected chi connectivity index (χ3v) is 7.21. The van der Waals surface area contributed by atoms with E-state index in [0.717, 1.165) is 24.8 Å². The lowest BCUT2D eigenvalue weighted by Crippen LogP contribution is -2.29. The van der Waals surface area contributed by atoms with E-state index in [4.69, 9.17) is 12.2 Å². The second-order valence-corrected chi connectivity index (χ2v) is 10.0. The summed E-state index contributed by atoms with van der Waals surface area (Å²) in [6.07, 6.45) is 5.34. The number of carbonyl (C=O) groups is 1. The SMILES string of the molecule is CCCCCN1C(=O)/C(=C\c2c(C)c(C#N)c(=O)n(CCC)c2NCc2ccc(F)cc2)SC1=S. The van der Waals surface area contributed by atoms with Crippen molar-refractivity contribution in [2.24, 2.45) is 0 Å². The summed E-state index contributed by atoms with van der Waals surface area (Å²) >= 11 is 6.70. The molecule has 0 saturated carbocycles. The maximum Gasteiger partial charge on any atom is 0.270 e. The van der Waals surface area contributed by atoms with Crippen molar-refractivity contribution in [3.05, 3.63) is 67.6 Å². The van der Waals surface area contributed by atoms with E-state index in [1.165, 1.54) is 23.9 Å². The maximum atomic E-state index is 13.3. The first kappa shape index (κ1) is 26.6. The molecule has 1 aliphatic heterocycles. The van der Waals surface area contributed by atoms with Crippen LogP contribution in [0.2, 0.25) is 0 Å². The Balaban J connectivity index is 2.08. The van der Waals surface area contributed by atoms with Crippen LogP contribution in [-0.2, 0) is 17.9 Å².